The van der Waals surface area contributed by atoms with Crippen LogP contribution in [0.4, 0.5) is 5.69 Å². The normalized spacial score (nSPS) is 14.2. The number of amides is 1. The van der Waals surface area contributed by atoms with Gasteiger partial charge in [-0.05, 0) is 48.2 Å². The van der Waals surface area contributed by atoms with E-state index in [0.29, 0.717) is 36.2 Å². The van der Waals surface area contributed by atoms with Crippen molar-refractivity contribution >= 4 is 11.6 Å². The van der Waals surface area contributed by atoms with E-state index in [1.807, 2.05) is 12.1 Å². The Bertz CT molecular complexity index is 694. The molecule has 0 saturated heterocycles. The lowest BCUT2D eigenvalue weighted by Gasteiger charge is -2.18. The van der Waals surface area contributed by atoms with Crippen molar-refractivity contribution in [1.82, 2.24) is 0 Å². The molecule has 3 rings (SSSR count). The van der Waals surface area contributed by atoms with Gasteiger partial charge in [-0.3, -0.25) is 4.79 Å². The Morgan fingerprint density at radius 3 is 2.48 bits per heavy atom. The molecule has 0 fully saturated rings. The second kappa shape index (κ2) is 6.73. The van der Waals surface area contributed by atoms with Crippen molar-refractivity contribution in [3.05, 3.63) is 53.6 Å². The first-order valence-corrected chi connectivity index (χ1v) is 7.98. The summed E-state index contributed by atoms with van der Waals surface area (Å²) in [5, 5.41) is 2.91. The van der Waals surface area contributed by atoms with Crippen molar-refractivity contribution in [1.29, 1.82) is 0 Å². The average molecular weight is 311 g/mol. The smallest absolute Gasteiger partial charge is 0.255 e. The Morgan fingerprint density at radius 2 is 1.78 bits per heavy atom. The van der Waals surface area contributed by atoms with Gasteiger partial charge >= 0.3 is 0 Å². The van der Waals surface area contributed by atoms with Crippen LogP contribution in [-0.2, 0) is 0 Å². The summed E-state index contributed by atoms with van der Waals surface area (Å²) in [5.74, 6) is 1.68. The van der Waals surface area contributed by atoms with Crippen LogP contribution in [0, 0.1) is 0 Å². The first kappa shape index (κ1) is 15.4. The fraction of sp³-hybridized carbons (Fsp3) is 0.316. The zero-order chi connectivity index (χ0) is 16.2. The van der Waals surface area contributed by atoms with Crippen LogP contribution in [0.25, 0.3) is 0 Å². The fourth-order valence-corrected chi connectivity index (χ4v) is 2.52. The van der Waals surface area contributed by atoms with Crippen molar-refractivity contribution in [3.8, 4) is 11.5 Å². The van der Waals surface area contributed by atoms with Crippen LogP contribution < -0.4 is 14.8 Å². The molecule has 4 heteroatoms. The lowest BCUT2D eigenvalue weighted by molar-refractivity contribution is 0.102. The molecule has 0 aliphatic carbocycles. The molecule has 2 aromatic rings. The van der Waals surface area contributed by atoms with Gasteiger partial charge in [0.05, 0.1) is 0 Å². The Morgan fingerprint density at radius 1 is 1.09 bits per heavy atom. The zero-order valence-corrected chi connectivity index (χ0v) is 13.5. The molecule has 120 valence electrons. The largest absolute Gasteiger partial charge is 0.486 e. The highest BCUT2D eigenvalue weighted by molar-refractivity contribution is 6.04. The molecule has 0 saturated carbocycles. The number of benzene rings is 2. The van der Waals surface area contributed by atoms with Gasteiger partial charge < -0.3 is 14.8 Å². The molecule has 0 aromatic heterocycles. The van der Waals surface area contributed by atoms with Crippen LogP contribution >= 0.6 is 0 Å². The number of carbonyl (C=O) groups excluding carboxylic acids is 1. The molecule has 0 unspecified atom stereocenters. The molecule has 2 aromatic carbocycles. The third kappa shape index (κ3) is 3.47. The molecule has 4 nitrogen and oxygen atoms in total. The molecule has 1 atom stereocenters. The zero-order valence-electron chi connectivity index (χ0n) is 13.5. The molecular formula is C19H21NO3. The van der Waals surface area contributed by atoms with E-state index in [2.05, 4.69) is 31.3 Å². The first-order chi connectivity index (χ1) is 11.2. The van der Waals surface area contributed by atoms with E-state index in [1.54, 1.807) is 18.2 Å². The van der Waals surface area contributed by atoms with Gasteiger partial charge in [-0.15, -0.1) is 0 Å². The minimum atomic E-state index is -0.154. The number of rotatable bonds is 4. The van der Waals surface area contributed by atoms with Crippen molar-refractivity contribution in [2.45, 2.75) is 26.2 Å². The minimum Gasteiger partial charge on any atom is -0.486 e. The maximum atomic E-state index is 12.4. The predicted octanol–water partition coefficient (Wildman–Crippen LogP) is 4.22. The maximum absolute atomic E-state index is 12.4. The lowest BCUT2D eigenvalue weighted by atomic mass is 9.98. The number of carbonyl (C=O) groups is 1. The van der Waals surface area contributed by atoms with E-state index >= 15 is 0 Å². The second-order valence-corrected chi connectivity index (χ2v) is 5.74. The molecule has 1 N–H and O–H groups in total. The topological polar surface area (TPSA) is 47.6 Å². The van der Waals surface area contributed by atoms with Crippen LogP contribution in [0.5, 0.6) is 11.5 Å². The van der Waals surface area contributed by atoms with Crippen LogP contribution in [0.1, 0.15) is 42.1 Å². The number of hydrogen-bond donors (Lipinski definition) is 1. The van der Waals surface area contributed by atoms with Crippen molar-refractivity contribution < 1.29 is 14.3 Å². The Kier molecular flexibility index (Phi) is 4.51. The molecule has 1 aliphatic rings. The van der Waals surface area contributed by atoms with E-state index in [1.165, 1.54) is 5.56 Å². The molecule has 0 bridgehead atoms. The van der Waals surface area contributed by atoms with Gasteiger partial charge in [0, 0.05) is 11.3 Å². The van der Waals surface area contributed by atoms with E-state index in [4.69, 9.17) is 9.47 Å². The van der Waals surface area contributed by atoms with E-state index in [-0.39, 0.29) is 5.91 Å². The first-order valence-electron chi connectivity index (χ1n) is 7.98. The molecule has 1 amide bonds. The van der Waals surface area contributed by atoms with Gasteiger partial charge in [-0.25, -0.2) is 0 Å². The molecule has 23 heavy (non-hydrogen) atoms. The average Bonchev–Trinajstić information content (AvgIpc) is 2.61. The standard InChI is InChI=1S/C19H21NO3/c1-3-13(2)14-4-7-16(8-5-14)20-19(21)15-6-9-17-18(12-15)23-11-10-22-17/h4-9,12-13H,3,10-11H2,1-2H3,(H,20,21)/t13-/m1/s1. The van der Waals surface area contributed by atoms with Crippen LogP contribution in [0.2, 0.25) is 0 Å². The summed E-state index contributed by atoms with van der Waals surface area (Å²) in [6, 6.07) is 13.2. The van der Waals surface area contributed by atoms with Gasteiger partial charge in [0.1, 0.15) is 13.2 Å². The van der Waals surface area contributed by atoms with Gasteiger partial charge in [0.25, 0.3) is 5.91 Å². The quantitative estimate of drug-likeness (QED) is 0.919. The number of hydrogen-bond acceptors (Lipinski definition) is 3. The van der Waals surface area contributed by atoms with Gasteiger partial charge in [0.2, 0.25) is 0 Å². The third-order valence-electron chi connectivity index (χ3n) is 4.15. The van der Waals surface area contributed by atoms with Crippen molar-refractivity contribution in [2.24, 2.45) is 0 Å². The summed E-state index contributed by atoms with van der Waals surface area (Å²) >= 11 is 0. The van der Waals surface area contributed by atoms with Crippen LogP contribution in [0.3, 0.4) is 0 Å². The van der Waals surface area contributed by atoms with E-state index in [0.717, 1.165) is 12.1 Å². The number of anilines is 1. The summed E-state index contributed by atoms with van der Waals surface area (Å²) in [4.78, 5) is 12.4. The predicted molar refractivity (Wildman–Crippen MR) is 90.5 cm³/mol. The number of ether oxygens (including phenoxy) is 2. The number of fused-ring (bicyclic) bond motifs is 1. The summed E-state index contributed by atoms with van der Waals surface area (Å²) in [6.07, 6.45) is 1.10. The fourth-order valence-electron chi connectivity index (χ4n) is 2.52. The van der Waals surface area contributed by atoms with Gasteiger partial charge in [-0.1, -0.05) is 26.0 Å². The number of nitrogens with one attached hydrogen (secondary N) is 1. The summed E-state index contributed by atoms with van der Waals surface area (Å²) in [5.41, 5.74) is 2.63. The Hall–Kier alpha value is -2.49. The molecule has 1 aliphatic heterocycles. The molecule has 1 heterocycles. The van der Waals surface area contributed by atoms with E-state index in [9.17, 15) is 4.79 Å². The Labute approximate surface area is 136 Å². The van der Waals surface area contributed by atoms with Crippen LogP contribution in [-0.4, -0.2) is 19.1 Å². The highest BCUT2D eigenvalue weighted by Gasteiger charge is 2.15. The monoisotopic (exact) mass is 311 g/mol. The molecule has 0 radical (unpaired) electrons. The second-order valence-electron chi connectivity index (χ2n) is 5.74. The van der Waals surface area contributed by atoms with Gasteiger partial charge in [0.15, 0.2) is 11.5 Å². The molecule has 0 spiro atoms. The van der Waals surface area contributed by atoms with Gasteiger partial charge in [-0.2, -0.15) is 0 Å². The maximum Gasteiger partial charge on any atom is 0.255 e. The summed E-state index contributed by atoms with van der Waals surface area (Å²) in [7, 11) is 0. The third-order valence-corrected chi connectivity index (χ3v) is 4.15. The summed E-state index contributed by atoms with van der Waals surface area (Å²) in [6.45, 7) is 5.42. The SMILES string of the molecule is CC[C@@H](C)c1ccc(NC(=O)c2ccc3c(c2)OCCO3)cc1. The minimum absolute atomic E-state index is 0.154. The van der Waals surface area contributed by atoms with Crippen LogP contribution in [0.15, 0.2) is 42.5 Å². The summed E-state index contributed by atoms with van der Waals surface area (Å²) < 4.78 is 11.0. The molecular weight excluding hydrogens is 290 g/mol. The van der Waals surface area contributed by atoms with E-state index < -0.39 is 0 Å². The van der Waals surface area contributed by atoms with Crippen molar-refractivity contribution in [2.75, 3.05) is 18.5 Å². The highest BCUT2D eigenvalue weighted by atomic mass is 16.6. The Balaban J connectivity index is 1.71. The highest BCUT2D eigenvalue weighted by Crippen LogP contribution is 2.31. The van der Waals surface area contributed by atoms with Crippen molar-refractivity contribution in [3.63, 3.8) is 0 Å². The lowest BCUT2D eigenvalue weighted by Crippen LogP contribution is -2.17.